The van der Waals surface area contributed by atoms with Gasteiger partial charge in [0.1, 0.15) is 0 Å². The molecule has 0 aliphatic heterocycles. The molecule has 0 radical (unpaired) electrons. The van der Waals surface area contributed by atoms with Gasteiger partial charge in [0, 0.05) is 38.8 Å². The Balaban J connectivity index is 3.94. The monoisotopic (exact) mass is 245 g/mol. The van der Waals surface area contributed by atoms with Crippen LogP contribution in [0.4, 0.5) is 0 Å². The number of carboxylic acids is 1. The Labute approximate surface area is 102 Å². The van der Waals surface area contributed by atoms with Gasteiger partial charge in [-0.1, -0.05) is 13.0 Å². The zero-order chi connectivity index (χ0) is 13.3. The molecule has 0 heterocycles. The fraction of sp³-hybridized carbons (Fsp3) is 0.750. The summed E-state index contributed by atoms with van der Waals surface area (Å²) in [6.07, 6.45) is 2.67. The molecular weight excluding hydrogens is 222 g/mol. The van der Waals surface area contributed by atoms with Gasteiger partial charge >= 0.3 is 5.97 Å². The van der Waals surface area contributed by atoms with Crippen LogP contribution in [0.5, 0.6) is 0 Å². The van der Waals surface area contributed by atoms with Crippen molar-refractivity contribution in [2.75, 3.05) is 26.8 Å². The van der Waals surface area contributed by atoms with E-state index in [4.69, 9.17) is 9.84 Å². The number of hydrogen-bond donors (Lipinski definition) is 3. The molecule has 0 aromatic rings. The summed E-state index contributed by atoms with van der Waals surface area (Å²) in [7, 11) is 1.59. The van der Waals surface area contributed by atoms with Gasteiger partial charge in [0.25, 0.3) is 0 Å². The summed E-state index contributed by atoms with van der Waals surface area (Å²) in [5, 5.41) is 21.7. The van der Waals surface area contributed by atoms with E-state index in [9.17, 15) is 9.90 Å². The standard InChI is InChI=1S/C12H23NO4/c1-4-10(11(14)15)5-7-13-9-12(2,16)6-8-17-3/h5,13,16H,4,6-9H2,1-3H3,(H,14,15). The number of hydrogen-bond acceptors (Lipinski definition) is 4. The van der Waals surface area contributed by atoms with Crippen LogP contribution in [-0.4, -0.2) is 48.6 Å². The summed E-state index contributed by atoms with van der Waals surface area (Å²) in [5.41, 5.74) is -0.451. The number of aliphatic hydroxyl groups is 1. The van der Waals surface area contributed by atoms with E-state index in [0.717, 1.165) is 0 Å². The molecule has 100 valence electrons. The van der Waals surface area contributed by atoms with E-state index in [1.165, 1.54) is 0 Å². The van der Waals surface area contributed by atoms with E-state index in [0.29, 0.717) is 38.1 Å². The number of nitrogens with one attached hydrogen (secondary N) is 1. The summed E-state index contributed by atoms with van der Waals surface area (Å²) in [6.45, 7) is 4.87. The number of carbonyl (C=O) groups is 1. The van der Waals surface area contributed by atoms with Gasteiger partial charge < -0.3 is 20.3 Å². The Hall–Kier alpha value is -0.910. The summed E-state index contributed by atoms with van der Waals surface area (Å²) in [6, 6.07) is 0. The highest BCUT2D eigenvalue weighted by Crippen LogP contribution is 2.07. The fourth-order valence-electron chi connectivity index (χ4n) is 1.33. The van der Waals surface area contributed by atoms with E-state index in [2.05, 4.69) is 5.32 Å². The highest BCUT2D eigenvalue weighted by Gasteiger charge is 2.18. The van der Waals surface area contributed by atoms with Crippen LogP contribution in [-0.2, 0) is 9.53 Å². The van der Waals surface area contributed by atoms with Crippen LogP contribution in [0.3, 0.4) is 0 Å². The molecule has 0 fully saturated rings. The third-order valence-electron chi connectivity index (χ3n) is 2.50. The minimum atomic E-state index is -0.888. The zero-order valence-electron chi connectivity index (χ0n) is 10.8. The van der Waals surface area contributed by atoms with Crippen molar-refractivity contribution < 1.29 is 19.7 Å². The van der Waals surface area contributed by atoms with Crippen molar-refractivity contribution in [3.63, 3.8) is 0 Å². The number of aliphatic carboxylic acids is 1. The first-order valence-electron chi connectivity index (χ1n) is 5.77. The molecule has 0 bridgehead atoms. The number of methoxy groups -OCH3 is 1. The number of rotatable bonds is 9. The normalized spacial score (nSPS) is 15.6. The first-order chi connectivity index (χ1) is 7.93. The van der Waals surface area contributed by atoms with Gasteiger partial charge in [-0.2, -0.15) is 0 Å². The van der Waals surface area contributed by atoms with E-state index < -0.39 is 11.6 Å². The predicted octanol–water partition coefficient (Wildman–Crippen LogP) is 0.784. The van der Waals surface area contributed by atoms with E-state index in [-0.39, 0.29) is 0 Å². The second-order valence-corrected chi connectivity index (χ2v) is 4.26. The molecule has 0 saturated carbocycles. The van der Waals surface area contributed by atoms with E-state index in [1.54, 1.807) is 27.0 Å². The average molecular weight is 245 g/mol. The zero-order valence-corrected chi connectivity index (χ0v) is 10.8. The SMILES string of the molecule is CCC(=CCNCC(C)(O)CCOC)C(=O)O. The highest BCUT2D eigenvalue weighted by molar-refractivity contribution is 5.86. The van der Waals surface area contributed by atoms with Gasteiger partial charge in [-0.15, -0.1) is 0 Å². The highest BCUT2D eigenvalue weighted by atomic mass is 16.5. The van der Waals surface area contributed by atoms with Crippen LogP contribution in [0, 0.1) is 0 Å². The van der Waals surface area contributed by atoms with Gasteiger partial charge in [-0.3, -0.25) is 0 Å². The van der Waals surface area contributed by atoms with Crippen molar-refractivity contribution in [3.8, 4) is 0 Å². The Morgan fingerprint density at radius 3 is 2.65 bits per heavy atom. The molecule has 0 aromatic heterocycles. The van der Waals surface area contributed by atoms with Gasteiger partial charge in [0.15, 0.2) is 0 Å². The fourth-order valence-corrected chi connectivity index (χ4v) is 1.33. The van der Waals surface area contributed by atoms with Gasteiger partial charge in [-0.25, -0.2) is 4.79 Å². The molecule has 1 atom stereocenters. The number of carboxylic acid groups (broad SMARTS) is 1. The third-order valence-corrected chi connectivity index (χ3v) is 2.50. The second kappa shape index (κ2) is 8.22. The third kappa shape index (κ3) is 7.90. The largest absolute Gasteiger partial charge is 0.478 e. The first-order valence-corrected chi connectivity index (χ1v) is 5.77. The van der Waals surface area contributed by atoms with Crippen LogP contribution in [0.2, 0.25) is 0 Å². The lowest BCUT2D eigenvalue weighted by Gasteiger charge is -2.22. The maximum absolute atomic E-state index is 10.7. The Morgan fingerprint density at radius 2 is 2.18 bits per heavy atom. The molecule has 5 nitrogen and oxygen atoms in total. The molecule has 0 aromatic carbocycles. The Bertz CT molecular complexity index is 261. The molecule has 0 aliphatic rings. The van der Waals surface area contributed by atoms with Gasteiger partial charge in [0.2, 0.25) is 0 Å². The summed E-state index contributed by atoms with van der Waals surface area (Å²) in [4.78, 5) is 10.7. The van der Waals surface area contributed by atoms with Crippen molar-refractivity contribution in [3.05, 3.63) is 11.6 Å². The molecule has 3 N–H and O–H groups in total. The van der Waals surface area contributed by atoms with E-state index in [1.807, 2.05) is 0 Å². The molecule has 0 spiro atoms. The molecule has 0 rings (SSSR count). The molecular formula is C12H23NO4. The lowest BCUT2D eigenvalue weighted by atomic mass is 10.0. The van der Waals surface area contributed by atoms with Crippen LogP contribution in [0.15, 0.2) is 11.6 Å². The molecule has 0 saturated heterocycles. The lowest BCUT2D eigenvalue weighted by Crippen LogP contribution is -2.38. The van der Waals surface area contributed by atoms with Crippen molar-refractivity contribution in [1.82, 2.24) is 5.32 Å². The topological polar surface area (TPSA) is 78.8 Å². The molecule has 0 aliphatic carbocycles. The van der Waals surface area contributed by atoms with E-state index >= 15 is 0 Å². The smallest absolute Gasteiger partial charge is 0.331 e. The Morgan fingerprint density at radius 1 is 1.53 bits per heavy atom. The quantitative estimate of drug-likeness (QED) is 0.413. The summed E-state index contributed by atoms with van der Waals surface area (Å²) < 4.78 is 4.89. The summed E-state index contributed by atoms with van der Waals surface area (Å²) >= 11 is 0. The van der Waals surface area contributed by atoms with Gasteiger partial charge in [-0.05, 0) is 13.3 Å². The molecule has 17 heavy (non-hydrogen) atoms. The minimum absolute atomic E-state index is 0.383. The van der Waals surface area contributed by atoms with Crippen LogP contribution < -0.4 is 5.32 Å². The molecule has 1 unspecified atom stereocenters. The van der Waals surface area contributed by atoms with Gasteiger partial charge in [0.05, 0.1) is 5.60 Å². The average Bonchev–Trinajstić information content (AvgIpc) is 2.26. The number of ether oxygens (including phenoxy) is 1. The van der Waals surface area contributed by atoms with Crippen molar-refractivity contribution in [1.29, 1.82) is 0 Å². The maximum atomic E-state index is 10.7. The first kappa shape index (κ1) is 16.1. The molecule has 5 heteroatoms. The van der Waals surface area contributed by atoms with Crippen LogP contribution in [0.25, 0.3) is 0 Å². The maximum Gasteiger partial charge on any atom is 0.331 e. The van der Waals surface area contributed by atoms with Crippen molar-refractivity contribution >= 4 is 5.97 Å². The minimum Gasteiger partial charge on any atom is -0.478 e. The summed E-state index contributed by atoms with van der Waals surface area (Å²) in [5.74, 6) is -0.888. The van der Waals surface area contributed by atoms with Crippen LogP contribution in [0.1, 0.15) is 26.7 Å². The second-order valence-electron chi connectivity index (χ2n) is 4.26. The van der Waals surface area contributed by atoms with Crippen molar-refractivity contribution in [2.24, 2.45) is 0 Å². The predicted molar refractivity (Wildman–Crippen MR) is 66.0 cm³/mol. The lowest BCUT2D eigenvalue weighted by molar-refractivity contribution is -0.132. The van der Waals surface area contributed by atoms with Crippen molar-refractivity contribution in [2.45, 2.75) is 32.3 Å². The molecule has 0 amide bonds. The Kier molecular flexibility index (Phi) is 7.78. The van der Waals surface area contributed by atoms with Crippen LogP contribution >= 0.6 is 0 Å².